The summed E-state index contributed by atoms with van der Waals surface area (Å²) in [6.07, 6.45) is 0.711. The van der Waals surface area contributed by atoms with Gasteiger partial charge in [0.25, 0.3) is 0 Å². The van der Waals surface area contributed by atoms with Crippen molar-refractivity contribution in [2.75, 3.05) is 0 Å². The minimum atomic E-state index is -0.416. The van der Waals surface area contributed by atoms with Crippen LogP contribution in [0.4, 0.5) is 0 Å². The molecular weight excluding hydrogens is 222 g/mol. The largest absolute Gasteiger partial charge is 0.348 e. The highest BCUT2D eigenvalue weighted by Gasteiger charge is 2.14. The average Bonchev–Trinajstić information content (AvgIpc) is 2.59. The second kappa shape index (κ2) is 5.96. The molecule has 0 spiro atoms. The lowest BCUT2D eigenvalue weighted by Gasteiger charge is -2.13. The molecule has 0 bridgehead atoms. The Bertz CT molecular complexity index is 349. The van der Waals surface area contributed by atoms with Gasteiger partial charge in [-0.3, -0.25) is 4.79 Å². The highest BCUT2D eigenvalue weighted by molar-refractivity contribution is 7.09. The number of amides is 1. The van der Waals surface area contributed by atoms with Gasteiger partial charge in [0.1, 0.15) is 5.01 Å². The maximum absolute atomic E-state index is 11.6. The Hall–Kier alpha value is -0.940. The molecule has 0 saturated heterocycles. The second-order valence-electron chi connectivity index (χ2n) is 4.34. The molecule has 1 aromatic heterocycles. The van der Waals surface area contributed by atoms with Gasteiger partial charge in [-0.25, -0.2) is 4.98 Å². The SMILES string of the molecule is Cc1csc(CNC(=O)C(N)CC(C)C)n1. The Kier molecular flexibility index (Phi) is 4.89. The van der Waals surface area contributed by atoms with E-state index in [1.54, 1.807) is 11.3 Å². The van der Waals surface area contributed by atoms with Crippen LogP contribution in [0.3, 0.4) is 0 Å². The fourth-order valence-corrected chi connectivity index (χ4v) is 2.10. The summed E-state index contributed by atoms with van der Waals surface area (Å²) in [6.45, 7) is 6.52. The topological polar surface area (TPSA) is 68.0 Å². The molecule has 4 nitrogen and oxygen atoms in total. The summed E-state index contributed by atoms with van der Waals surface area (Å²) >= 11 is 1.55. The van der Waals surface area contributed by atoms with Crippen molar-refractivity contribution in [3.63, 3.8) is 0 Å². The third-order valence-electron chi connectivity index (χ3n) is 2.14. The van der Waals surface area contributed by atoms with Crippen molar-refractivity contribution < 1.29 is 4.79 Å². The van der Waals surface area contributed by atoms with Crippen LogP contribution in [0.15, 0.2) is 5.38 Å². The number of thiazole rings is 1. The smallest absolute Gasteiger partial charge is 0.237 e. The van der Waals surface area contributed by atoms with E-state index in [4.69, 9.17) is 5.73 Å². The summed E-state index contributed by atoms with van der Waals surface area (Å²) < 4.78 is 0. The molecule has 1 unspecified atom stereocenters. The van der Waals surface area contributed by atoms with Crippen LogP contribution in [0.2, 0.25) is 0 Å². The van der Waals surface area contributed by atoms with Crippen LogP contribution in [0, 0.1) is 12.8 Å². The predicted molar refractivity (Wildman–Crippen MR) is 66.1 cm³/mol. The third kappa shape index (κ3) is 4.28. The van der Waals surface area contributed by atoms with E-state index < -0.39 is 6.04 Å². The first-order valence-corrected chi connectivity index (χ1v) is 6.31. The number of aryl methyl sites for hydroxylation is 1. The van der Waals surface area contributed by atoms with E-state index in [0.717, 1.165) is 10.7 Å². The van der Waals surface area contributed by atoms with Crippen LogP contribution in [0.1, 0.15) is 31.0 Å². The number of hydrogen-bond donors (Lipinski definition) is 2. The van der Waals surface area contributed by atoms with Crippen molar-refractivity contribution in [1.82, 2.24) is 10.3 Å². The fourth-order valence-electron chi connectivity index (χ4n) is 1.39. The summed E-state index contributed by atoms with van der Waals surface area (Å²) in [5, 5.41) is 5.69. The number of rotatable bonds is 5. The minimum Gasteiger partial charge on any atom is -0.348 e. The number of aromatic nitrogens is 1. The van der Waals surface area contributed by atoms with E-state index >= 15 is 0 Å². The van der Waals surface area contributed by atoms with Crippen molar-refractivity contribution >= 4 is 17.2 Å². The highest BCUT2D eigenvalue weighted by atomic mass is 32.1. The molecule has 3 N–H and O–H groups in total. The van der Waals surface area contributed by atoms with Gasteiger partial charge in [0.2, 0.25) is 5.91 Å². The first-order chi connectivity index (χ1) is 7.49. The highest BCUT2D eigenvalue weighted by Crippen LogP contribution is 2.08. The van der Waals surface area contributed by atoms with E-state index in [2.05, 4.69) is 24.1 Å². The summed E-state index contributed by atoms with van der Waals surface area (Å²) in [7, 11) is 0. The normalized spacial score (nSPS) is 12.8. The van der Waals surface area contributed by atoms with Gasteiger partial charge >= 0.3 is 0 Å². The number of nitrogens with zero attached hydrogens (tertiary/aromatic N) is 1. The average molecular weight is 241 g/mol. The van der Waals surface area contributed by atoms with Crippen LogP contribution >= 0.6 is 11.3 Å². The third-order valence-corrected chi connectivity index (χ3v) is 3.11. The molecule has 0 aromatic carbocycles. The summed E-state index contributed by atoms with van der Waals surface area (Å²) in [5.41, 5.74) is 6.75. The molecule has 0 aliphatic rings. The van der Waals surface area contributed by atoms with Crippen molar-refractivity contribution in [1.29, 1.82) is 0 Å². The predicted octanol–water partition coefficient (Wildman–Crippen LogP) is 1.44. The monoisotopic (exact) mass is 241 g/mol. The zero-order chi connectivity index (χ0) is 12.1. The number of hydrogen-bond acceptors (Lipinski definition) is 4. The molecular formula is C11H19N3OS. The van der Waals surface area contributed by atoms with Gasteiger partial charge in [-0.05, 0) is 19.3 Å². The quantitative estimate of drug-likeness (QED) is 0.819. The summed E-state index contributed by atoms with van der Waals surface area (Å²) in [4.78, 5) is 15.9. The minimum absolute atomic E-state index is 0.0958. The van der Waals surface area contributed by atoms with Gasteiger partial charge < -0.3 is 11.1 Å². The molecule has 0 aliphatic carbocycles. The van der Waals surface area contributed by atoms with E-state index in [9.17, 15) is 4.79 Å². The molecule has 0 fully saturated rings. The van der Waals surface area contributed by atoms with Gasteiger partial charge in [-0.2, -0.15) is 0 Å². The van der Waals surface area contributed by atoms with Gasteiger partial charge in [0, 0.05) is 11.1 Å². The first-order valence-electron chi connectivity index (χ1n) is 5.43. The van der Waals surface area contributed by atoms with Gasteiger partial charge in [-0.15, -0.1) is 11.3 Å². The van der Waals surface area contributed by atoms with Gasteiger partial charge in [0.15, 0.2) is 0 Å². The van der Waals surface area contributed by atoms with Crippen LogP contribution in [-0.4, -0.2) is 16.9 Å². The maximum Gasteiger partial charge on any atom is 0.237 e. The Morgan fingerprint density at radius 1 is 1.62 bits per heavy atom. The number of carbonyl (C=O) groups excluding carboxylic acids is 1. The molecule has 5 heteroatoms. The van der Waals surface area contributed by atoms with E-state index in [-0.39, 0.29) is 5.91 Å². The number of nitrogens with one attached hydrogen (secondary N) is 1. The summed E-state index contributed by atoms with van der Waals surface area (Å²) in [5.74, 6) is 0.337. The molecule has 1 amide bonds. The zero-order valence-corrected chi connectivity index (χ0v) is 10.8. The molecule has 90 valence electrons. The Morgan fingerprint density at radius 2 is 2.31 bits per heavy atom. The van der Waals surface area contributed by atoms with Crippen molar-refractivity contribution in [3.8, 4) is 0 Å². The van der Waals surface area contributed by atoms with Gasteiger partial charge in [-0.1, -0.05) is 13.8 Å². The second-order valence-corrected chi connectivity index (χ2v) is 5.28. The van der Waals surface area contributed by atoms with E-state index in [1.807, 2.05) is 12.3 Å². The lowest BCUT2D eigenvalue weighted by Crippen LogP contribution is -2.40. The van der Waals surface area contributed by atoms with Crippen LogP contribution in [-0.2, 0) is 11.3 Å². The van der Waals surface area contributed by atoms with E-state index in [0.29, 0.717) is 18.9 Å². The number of nitrogens with two attached hydrogens (primary N) is 1. The lowest BCUT2D eigenvalue weighted by atomic mass is 10.0. The van der Waals surface area contributed by atoms with E-state index in [1.165, 1.54) is 0 Å². The zero-order valence-electron chi connectivity index (χ0n) is 9.99. The van der Waals surface area contributed by atoms with Crippen molar-refractivity contribution in [3.05, 3.63) is 16.1 Å². The molecule has 1 heterocycles. The molecule has 1 rings (SSSR count). The Labute approximate surface area is 100 Å². The van der Waals surface area contributed by atoms with Gasteiger partial charge in [0.05, 0.1) is 12.6 Å². The van der Waals surface area contributed by atoms with Crippen LogP contribution in [0.25, 0.3) is 0 Å². The molecule has 0 radical (unpaired) electrons. The van der Waals surface area contributed by atoms with Crippen LogP contribution in [0.5, 0.6) is 0 Å². The molecule has 1 atom stereocenters. The number of carbonyl (C=O) groups is 1. The molecule has 16 heavy (non-hydrogen) atoms. The molecule has 0 saturated carbocycles. The van der Waals surface area contributed by atoms with Crippen molar-refractivity contribution in [2.45, 2.75) is 39.8 Å². The summed E-state index contributed by atoms with van der Waals surface area (Å²) in [6, 6.07) is -0.416. The van der Waals surface area contributed by atoms with Crippen LogP contribution < -0.4 is 11.1 Å². The first kappa shape index (κ1) is 13.1. The Balaban J connectivity index is 2.35. The fraction of sp³-hybridized carbons (Fsp3) is 0.636. The Morgan fingerprint density at radius 3 is 2.81 bits per heavy atom. The van der Waals surface area contributed by atoms with Crippen molar-refractivity contribution in [2.24, 2.45) is 11.7 Å². The lowest BCUT2D eigenvalue weighted by molar-refractivity contribution is -0.122. The molecule has 0 aliphatic heterocycles. The maximum atomic E-state index is 11.6. The standard InChI is InChI=1S/C11H19N3OS/c1-7(2)4-9(12)11(15)13-5-10-14-8(3)6-16-10/h6-7,9H,4-5,12H2,1-3H3,(H,13,15). The molecule has 1 aromatic rings.